The van der Waals surface area contributed by atoms with E-state index in [1.165, 1.54) is 4.90 Å². The third kappa shape index (κ3) is 3.85. The van der Waals surface area contributed by atoms with Crippen LogP contribution >= 0.6 is 0 Å². The van der Waals surface area contributed by atoms with E-state index < -0.39 is 23.8 Å². The van der Waals surface area contributed by atoms with Gasteiger partial charge < -0.3 is 20.1 Å². The topological polar surface area (TPSA) is 78.9 Å². The van der Waals surface area contributed by atoms with Gasteiger partial charge >= 0.3 is 6.09 Å². The average molecular weight is 284 g/mol. The minimum atomic E-state index is -1.18. The molecule has 0 aromatic rings. The first-order valence-corrected chi connectivity index (χ1v) is 7.26. The summed E-state index contributed by atoms with van der Waals surface area (Å²) in [7, 11) is 0. The fourth-order valence-corrected chi connectivity index (χ4v) is 2.36. The van der Waals surface area contributed by atoms with Crippen LogP contribution in [0.25, 0.3) is 0 Å². The third-order valence-corrected chi connectivity index (χ3v) is 3.48. The van der Waals surface area contributed by atoms with Crippen molar-refractivity contribution in [3.63, 3.8) is 0 Å². The van der Waals surface area contributed by atoms with Crippen molar-refractivity contribution >= 4 is 12.0 Å². The van der Waals surface area contributed by atoms with Crippen LogP contribution in [0.5, 0.6) is 0 Å². The van der Waals surface area contributed by atoms with Crippen molar-refractivity contribution in [2.45, 2.75) is 70.2 Å². The van der Waals surface area contributed by atoms with E-state index in [0.717, 1.165) is 19.3 Å². The Labute approximate surface area is 119 Å². The van der Waals surface area contributed by atoms with Crippen molar-refractivity contribution in [1.29, 1.82) is 0 Å². The Morgan fingerprint density at radius 1 is 1.30 bits per heavy atom. The van der Waals surface area contributed by atoms with Crippen molar-refractivity contribution in [3.8, 4) is 0 Å². The molecule has 1 unspecified atom stereocenters. The third-order valence-electron chi connectivity index (χ3n) is 3.48. The van der Waals surface area contributed by atoms with Crippen LogP contribution in [-0.2, 0) is 9.53 Å². The highest BCUT2D eigenvalue weighted by atomic mass is 16.6. The van der Waals surface area contributed by atoms with E-state index >= 15 is 0 Å². The summed E-state index contributed by atoms with van der Waals surface area (Å²) in [4.78, 5) is 25.5. The number of amides is 2. The summed E-state index contributed by atoms with van der Waals surface area (Å²) in [5.74, 6) is -0.382. The summed E-state index contributed by atoms with van der Waals surface area (Å²) < 4.78 is 5.32. The molecular formula is C14H24N2O4. The minimum absolute atomic E-state index is 0.202. The number of likely N-dealkylation sites (tertiary alicyclic amines) is 1. The zero-order chi connectivity index (χ0) is 14.9. The summed E-state index contributed by atoms with van der Waals surface area (Å²) in [6, 6.07) is -0.280. The van der Waals surface area contributed by atoms with Crippen LogP contribution in [0.3, 0.4) is 0 Å². The summed E-state index contributed by atoms with van der Waals surface area (Å²) in [5, 5.41) is 12.9. The number of hydrogen-bond acceptors (Lipinski definition) is 4. The molecule has 2 atom stereocenters. The summed E-state index contributed by atoms with van der Waals surface area (Å²) in [6.45, 7) is 5.91. The van der Waals surface area contributed by atoms with Gasteiger partial charge in [0.2, 0.25) is 0 Å². The van der Waals surface area contributed by atoms with E-state index in [2.05, 4.69) is 5.32 Å². The molecule has 1 saturated heterocycles. The van der Waals surface area contributed by atoms with Gasteiger partial charge in [-0.05, 0) is 46.5 Å². The Bertz CT molecular complexity index is 387. The molecule has 0 aromatic heterocycles. The lowest BCUT2D eigenvalue weighted by Crippen LogP contribution is -2.51. The predicted octanol–water partition coefficient (Wildman–Crippen LogP) is 1.03. The Kier molecular flexibility index (Phi) is 4.22. The Morgan fingerprint density at radius 2 is 1.95 bits per heavy atom. The average Bonchev–Trinajstić information content (AvgIpc) is 2.99. The first-order valence-electron chi connectivity index (χ1n) is 7.26. The number of rotatable bonds is 3. The van der Waals surface area contributed by atoms with Crippen LogP contribution in [0.2, 0.25) is 0 Å². The zero-order valence-electron chi connectivity index (χ0n) is 12.4. The van der Waals surface area contributed by atoms with Gasteiger partial charge in [0, 0.05) is 12.6 Å². The van der Waals surface area contributed by atoms with Gasteiger partial charge in [-0.2, -0.15) is 0 Å². The smallest absolute Gasteiger partial charge is 0.410 e. The molecule has 2 N–H and O–H groups in total. The lowest BCUT2D eigenvalue weighted by atomic mass is 10.1. The normalized spacial score (nSPS) is 24.4. The van der Waals surface area contributed by atoms with Crippen molar-refractivity contribution in [3.05, 3.63) is 0 Å². The Hall–Kier alpha value is -1.30. The van der Waals surface area contributed by atoms with Gasteiger partial charge in [0.1, 0.15) is 5.60 Å². The van der Waals surface area contributed by atoms with E-state index in [9.17, 15) is 14.7 Å². The quantitative estimate of drug-likeness (QED) is 0.811. The monoisotopic (exact) mass is 284 g/mol. The number of aliphatic hydroxyl groups excluding tert-OH is 1. The number of ether oxygens (including phenoxy) is 1. The summed E-state index contributed by atoms with van der Waals surface area (Å²) >= 11 is 0. The molecule has 20 heavy (non-hydrogen) atoms. The molecule has 2 aliphatic rings. The highest BCUT2D eigenvalue weighted by Gasteiger charge is 2.40. The van der Waals surface area contributed by atoms with Crippen molar-refractivity contribution < 1.29 is 19.4 Å². The first-order chi connectivity index (χ1) is 9.28. The Morgan fingerprint density at radius 3 is 2.50 bits per heavy atom. The van der Waals surface area contributed by atoms with E-state index in [0.29, 0.717) is 13.0 Å². The lowest BCUT2D eigenvalue weighted by molar-refractivity contribution is -0.132. The molecule has 0 spiro atoms. The number of carbonyl (C=O) groups is 2. The molecule has 1 heterocycles. The first kappa shape index (κ1) is 15.1. The predicted molar refractivity (Wildman–Crippen MR) is 73.1 cm³/mol. The van der Waals surface area contributed by atoms with Gasteiger partial charge in [-0.3, -0.25) is 4.79 Å². The SMILES string of the molecule is CC(C)(C)OC(=O)N1CCC[C@H]1C(O)C(=O)NC1CC1. The van der Waals surface area contributed by atoms with Crippen molar-refractivity contribution in [1.82, 2.24) is 10.2 Å². The van der Waals surface area contributed by atoms with Crippen molar-refractivity contribution in [2.24, 2.45) is 0 Å². The molecule has 2 rings (SSSR count). The second-order valence-corrected chi connectivity index (χ2v) is 6.61. The van der Waals surface area contributed by atoms with E-state index in [4.69, 9.17) is 4.74 Å². The molecule has 6 heteroatoms. The molecule has 1 aliphatic heterocycles. The molecule has 1 aliphatic carbocycles. The molecule has 2 fully saturated rings. The van der Waals surface area contributed by atoms with Gasteiger partial charge in [-0.25, -0.2) is 4.79 Å². The maximum Gasteiger partial charge on any atom is 0.410 e. The van der Waals surface area contributed by atoms with Crippen LogP contribution in [0.1, 0.15) is 46.5 Å². The maximum atomic E-state index is 12.1. The highest BCUT2D eigenvalue weighted by molar-refractivity contribution is 5.83. The second-order valence-electron chi connectivity index (χ2n) is 6.61. The fraction of sp³-hybridized carbons (Fsp3) is 0.857. The molecule has 2 amide bonds. The van der Waals surface area contributed by atoms with E-state index in [1.807, 2.05) is 0 Å². The number of nitrogens with one attached hydrogen (secondary N) is 1. The second kappa shape index (κ2) is 5.60. The van der Waals surface area contributed by atoms with Crippen LogP contribution in [0.4, 0.5) is 4.79 Å². The van der Waals surface area contributed by atoms with Gasteiger partial charge in [0.05, 0.1) is 6.04 Å². The van der Waals surface area contributed by atoms with Gasteiger partial charge in [-0.15, -0.1) is 0 Å². The minimum Gasteiger partial charge on any atom is -0.444 e. The number of nitrogens with zero attached hydrogens (tertiary/aromatic N) is 1. The molecule has 0 radical (unpaired) electrons. The molecule has 6 nitrogen and oxygen atoms in total. The number of aliphatic hydroxyl groups is 1. The maximum absolute atomic E-state index is 12.1. The van der Waals surface area contributed by atoms with Crippen LogP contribution in [0, 0.1) is 0 Å². The number of hydrogen-bond donors (Lipinski definition) is 2. The van der Waals surface area contributed by atoms with Gasteiger partial charge in [0.15, 0.2) is 6.10 Å². The fourth-order valence-electron chi connectivity index (χ4n) is 2.36. The highest BCUT2D eigenvalue weighted by Crippen LogP contribution is 2.24. The van der Waals surface area contributed by atoms with Gasteiger partial charge in [-0.1, -0.05) is 0 Å². The molecule has 1 saturated carbocycles. The van der Waals surface area contributed by atoms with Gasteiger partial charge in [0.25, 0.3) is 5.91 Å². The summed E-state index contributed by atoms with van der Waals surface area (Å²) in [5.41, 5.74) is -0.578. The lowest BCUT2D eigenvalue weighted by Gasteiger charge is -2.30. The summed E-state index contributed by atoms with van der Waals surface area (Å²) in [6.07, 6.45) is 1.71. The van der Waals surface area contributed by atoms with E-state index in [1.54, 1.807) is 20.8 Å². The van der Waals surface area contributed by atoms with Crippen LogP contribution in [-0.4, -0.2) is 52.3 Å². The van der Waals surface area contributed by atoms with Crippen LogP contribution in [0.15, 0.2) is 0 Å². The van der Waals surface area contributed by atoms with E-state index in [-0.39, 0.29) is 11.9 Å². The zero-order valence-corrected chi connectivity index (χ0v) is 12.4. The number of carbonyl (C=O) groups excluding carboxylic acids is 2. The standard InChI is InChI=1S/C14H24N2O4/c1-14(2,3)20-13(19)16-8-4-5-10(16)11(17)12(18)15-9-6-7-9/h9-11,17H,4-8H2,1-3H3,(H,15,18)/t10-,11?/m0/s1. The van der Waals surface area contributed by atoms with Crippen LogP contribution < -0.4 is 5.32 Å². The molecule has 114 valence electrons. The molecule has 0 bridgehead atoms. The molecule has 0 aromatic carbocycles. The largest absolute Gasteiger partial charge is 0.444 e. The van der Waals surface area contributed by atoms with Crippen molar-refractivity contribution in [2.75, 3.05) is 6.54 Å². The Balaban J connectivity index is 1.95. The molecular weight excluding hydrogens is 260 g/mol.